The largest absolute Gasteiger partial charge is 0.493 e. The van der Waals surface area contributed by atoms with Crippen LogP contribution in [-0.4, -0.2) is 55.9 Å². The summed E-state index contributed by atoms with van der Waals surface area (Å²) >= 11 is 12.8. The number of aromatic nitrogens is 1. The molecule has 0 aromatic carbocycles. The second-order valence-corrected chi connectivity index (χ2v) is 8.70. The molecule has 1 aromatic rings. The predicted octanol–water partition coefficient (Wildman–Crippen LogP) is 4.57. The van der Waals surface area contributed by atoms with E-state index in [4.69, 9.17) is 24.4 Å². The molecule has 0 atom stereocenters. The number of amides is 1. The number of hydrogen-bond acceptors (Lipinski definition) is 7. The molecule has 1 saturated heterocycles. The number of aromatic hydroxyl groups is 1. The summed E-state index contributed by atoms with van der Waals surface area (Å²) in [6.45, 7) is 15.1. The smallest absolute Gasteiger partial charge is 0.266 e. The molecule has 0 unspecified atom stereocenters. The molecular formula is C17H27N3O2S4. The molecule has 0 spiro atoms. The molecule has 26 heavy (non-hydrogen) atoms. The Bertz CT molecular complexity index is 715. The van der Waals surface area contributed by atoms with E-state index in [9.17, 15) is 9.90 Å². The Morgan fingerprint density at radius 2 is 1.65 bits per heavy atom. The van der Waals surface area contributed by atoms with Crippen LogP contribution in [0.3, 0.4) is 0 Å². The molecule has 0 bridgehead atoms. The van der Waals surface area contributed by atoms with Crippen LogP contribution in [0.5, 0.6) is 5.88 Å². The van der Waals surface area contributed by atoms with Crippen molar-refractivity contribution in [3.05, 3.63) is 13.7 Å². The van der Waals surface area contributed by atoms with E-state index in [0.29, 0.717) is 31.1 Å². The summed E-state index contributed by atoms with van der Waals surface area (Å²) in [7, 11) is 0. The van der Waals surface area contributed by atoms with Crippen LogP contribution in [0.15, 0.2) is 4.91 Å². The lowest BCUT2D eigenvalue weighted by molar-refractivity contribution is -0.121. The lowest BCUT2D eigenvalue weighted by atomic mass is 10.4. The quantitative estimate of drug-likeness (QED) is 0.524. The normalized spacial score (nSPS) is 15.8. The van der Waals surface area contributed by atoms with E-state index in [1.54, 1.807) is 15.5 Å². The summed E-state index contributed by atoms with van der Waals surface area (Å²) in [5.74, 6) is -0.00136. The first-order valence-electron chi connectivity index (χ1n) is 8.74. The molecule has 1 fully saturated rings. The molecule has 146 valence electrons. The van der Waals surface area contributed by atoms with Crippen molar-refractivity contribution >= 4 is 63.8 Å². The lowest BCUT2D eigenvalue weighted by Gasteiger charge is -2.13. The van der Waals surface area contributed by atoms with Crippen molar-refractivity contribution in [1.29, 1.82) is 0 Å². The van der Waals surface area contributed by atoms with Gasteiger partial charge in [-0.05, 0) is 51.8 Å². The minimum absolute atomic E-state index is 0.110. The Hall–Kier alpha value is -0.740. The predicted molar refractivity (Wildman–Crippen MR) is 119 cm³/mol. The van der Waals surface area contributed by atoms with Crippen LogP contribution in [0.1, 0.15) is 39.5 Å². The van der Waals surface area contributed by atoms with Gasteiger partial charge in [-0.1, -0.05) is 44.8 Å². The summed E-state index contributed by atoms with van der Waals surface area (Å²) in [6.07, 6.45) is 1.66. The van der Waals surface area contributed by atoms with Gasteiger partial charge in [0, 0.05) is 13.1 Å². The van der Waals surface area contributed by atoms with Crippen LogP contribution < -0.4 is 0 Å². The van der Waals surface area contributed by atoms with Gasteiger partial charge in [0.05, 0.1) is 9.78 Å². The Kier molecular flexibility index (Phi) is 10.0. The zero-order valence-corrected chi connectivity index (χ0v) is 19.2. The lowest BCUT2D eigenvalue weighted by Crippen LogP contribution is -2.27. The van der Waals surface area contributed by atoms with E-state index in [1.165, 1.54) is 42.7 Å². The Balaban J connectivity index is 0.000000412. The van der Waals surface area contributed by atoms with Crippen LogP contribution >= 0.6 is 47.5 Å². The summed E-state index contributed by atoms with van der Waals surface area (Å²) in [4.78, 5) is 17.1. The van der Waals surface area contributed by atoms with Crippen LogP contribution in [0, 0.1) is 3.95 Å². The molecular weight excluding hydrogens is 406 g/mol. The highest BCUT2D eigenvalue weighted by Gasteiger charge is 2.31. The van der Waals surface area contributed by atoms with Gasteiger partial charge in [0.15, 0.2) is 3.95 Å². The molecule has 2 rings (SSSR count). The van der Waals surface area contributed by atoms with Gasteiger partial charge in [-0.15, -0.1) is 11.3 Å². The maximum atomic E-state index is 12.1. The van der Waals surface area contributed by atoms with Crippen LogP contribution in [0.4, 0.5) is 0 Å². The topological polar surface area (TPSA) is 48.7 Å². The molecule has 1 aliphatic heterocycles. The first-order valence-corrected chi connectivity index (χ1v) is 11.2. The second-order valence-electron chi connectivity index (χ2n) is 5.35. The summed E-state index contributed by atoms with van der Waals surface area (Å²) < 4.78 is 2.78. The van der Waals surface area contributed by atoms with Gasteiger partial charge >= 0.3 is 0 Å². The highest BCUT2D eigenvalue weighted by molar-refractivity contribution is 8.26. The van der Waals surface area contributed by atoms with E-state index in [-0.39, 0.29) is 11.8 Å². The van der Waals surface area contributed by atoms with E-state index < -0.39 is 0 Å². The van der Waals surface area contributed by atoms with Gasteiger partial charge in [0.2, 0.25) is 5.88 Å². The molecule has 1 aromatic heterocycles. The maximum Gasteiger partial charge on any atom is 0.266 e. The Morgan fingerprint density at radius 3 is 2.00 bits per heavy atom. The Morgan fingerprint density at radius 1 is 1.08 bits per heavy atom. The van der Waals surface area contributed by atoms with Crippen molar-refractivity contribution in [3.8, 4) is 5.88 Å². The number of hydrogen-bond donors (Lipinski definition) is 1. The number of thiazole rings is 1. The first kappa shape index (κ1) is 23.3. The monoisotopic (exact) mass is 433 g/mol. The molecule has 1 amide bonds. The maximum absolute atomic E-state index is 12.1. The van der Waals surface area contributed by atoms with E-state index in [0.717, 1.165) is 0 Å². The van der Waals surface area contributed by atoms with Gasteiger partial charge in [0.1, 0.15) is 4.32 Å². The van der Waals surface area contributed by atoms with E-state index in [1.807, 2.05) is 13.8 Å². The molecule has 2 heterocycles. The third-order valence-electron chi connectivity index (χ3n) is 4.00. The zero-order valence-electron chi connectivity index (χ0n) is 15.9. The minimum Gasteiger partial charge on any atom is -0.493 e. The molecule has 0 aliphatic carbocycles. The van der Waals surface area contributed by atoms with Crippen molar-refractivity contribution in [3.63, 3.8) is 0 Å². The Labute approximate surface area is 174 Å². The van der Waals surface area contributed by atoms with Crippen molar-refractivity contribution in [1.82, 2.24) is 14.4 Å². The van der Waals surface area contributed by atoms with Gasteiger partial charge in [-0.2, -0.15) is 0 Å². The fourth-order valence-corrected chi connectivity index (χ4v) is 5.17. The molecule has 9 heteroatoms. The fourth-order valence-electron chi connectivity index (χ4n) is 2.35. The van der Waals surface area contributed by atoms with Gasteiger partial charge < -0.3 is 10.0 Å². The standard InChI is InChI=1S/C11H12N2O2S4.C6H15N/c1-3-12-8(14)6(18-10(12)16)5-7-9(15)13(4-2)11(17)19-7;1-4-7(5-2)6-3/h5,14H,3-4H2,1-2H3;4-6H2,1-3H3/b7-5-;. The molecule has 5 nitrogen and oxygen atoms in total. The molecule has 1 N–H and O–H groups in total. The van der Waals surface area contributed by atoms with Gasteiger partial charge in [-0.25, -0.2) is 0 Å². The number of likely N-dealkylation sites (N-methyl/N-ethyl adjacent to an activating group) is 1. The number of nitrogens with zero attached hydrogens (tertiary/aromatic N) is 3. The number of rotatable bonds is 6. The average Bonchev–Trinajstić information content (AvgIpc) is 3.05. The van der Waals surface area contributed by atoms with Crippen molar-refractivity contribution < 1.29 is 9.90 Å². The summed E-state index contributed by atoms with van der Waals surface area (Å²) in [5, 5.41) is 10.0. The summed E-state index contributed by atoms with van der Waals surface area (Å²) in [5.41, 5.74) is 0. The van der Waals surface area contributed by atoms with Crippen molar-refractivity contribution in [2.45, 2.75) is 41.2 Å². The minimum atomic E-state index is -0.112. The number of carbonyl (C=O) groups is 1. The third kappa shape index (κ3) is 5.63. The highest BCUT2D eigenvalue weighted by atomic mass is 32.2. The molecule has 0 saturated carbocycles. The number of thioether (sulfide) groups is 1. The second kappa shape index (κ2) is 11.2. The van der Waals surface area contributed by atoms with Gasteiger partial charge in [0.25, 0.3) is 5.91 Å². The van der Waals surface area contributed by atoms with E-state index in [2.05, 4.69) is 25.7 Å². The SMILES string of the molecule is CCN(CC)CC.CCN1C(=O)/C(=C/c2sc(=S)n(CC)c2O)SC1=S. The molecule has 0 radical (unpaired) electrons. The van der Waals surface area contributed by atoms with Crippen LogP contribution in [0.25, 0.3) is 6.08 Å². The average molecular weight is 434 g/mol. The summed E-state index contributed by atoms with van der Waals surface area (Å²) in [6, 6.07) is 0. The number of thiocarbonyl (C=S) groups is 1. The fraction of sp³-hybridized carbons (Fsp3) is 0.588. The zero-order chi connectivity index (χ0) is 19.9. The third-order valence-corrected chi connectivity index (χ3v) is 6.77. The van der Waals surface area contributed by atoms with E-state index >= 15 is 0 Å². The van der Waals surface area contributed by atoms with Crippen LogP contribution in [-0.2, 0) is 11.3 Å². The van der Waals surface area contributed by atoms with Gasteiger partial charge in [-0.3, -0.25) is 14.3 Å². The van der Waals surface area contributed by atoms with Crippen LogP contribution in [0.2, 0.25) is 0 Å². The molecule has 1 aliphatic rings. The number of carbonyl (C=O) groups excluding carboxylic acids is 1. The highest BCUT2D eigenvalue weighted by Crippen LogP contribution is 2.36. The van der Waals surface area contributed by atoms with Crippen molar-refractivity contribution in [2.24, 2.45) is 0 Å². The van der Waals surface area contributed by atoms with Crippen molar-refractivity contribution in [2.75, 3.05) is 26.2 Å². The first-order chi connectivity index (χ1) is 12.3.